The van der Waals surface area contributed by atoms with Crippen molar-refractivity contribution in [3.8, 4) is 17.1 Å². The molecule has 1 N–H and O–H groups in total. The number of carbonyl (C=O) groups is 1. The van der Waals surface area contributed by atoms with Crippen molar-refractivity contribution in [1.29, 1.82) is 0 Å². The van der Waals surface area contributed by atoms with Gasteiger partial charge in [0.25, 0.3) is 5.56 Å². The summed E-state index contributed by atoms with van der Waals surface area (Å²) in [5.41, 5.74) is 2.49. The number of carbonyl (C=O) groups excluding carboxylic acids is 1. The normalized spacial score (nSPS) is 13.7. The molecule has 5 aromatic rings. The number of fused-ring (bicyclic) bond motifs is 3. The minimum Gasteiger partial charge on any atom is -0.486 e. The summed E-state index contributed by atoms with van der Waals surface area (Å²) in [6.45, 7) is 6.61. The predicted octanol–water partition coefficient (Wildman–Crippen LogP) is 5.54. The van der Waals surface area contributed by atoms with E-state index in [1.54, 1.807) is 20.8 Å². The molecule has 1 aliphatic rings. The summed E-state index contributed by atoms with van der Waals surface area (Å²) in [7, 11) is 0. The van der Waals surface area contributed by atoms with Crippen LogP contribution in [0.1, 0.15) is 26.3 Å². The lowest BCUT2D eigenvalue weighted by molar-refractivity contribution is -0.155. The Bertz CT molecular complexity index is 1780. The Labute approximate surface area is 236 Å². The number of esters is 1. The second-order valence-electron chi connectivity index (χ2n) is 11.1. The van der Waals surface area contributed by atoms with Crippen LogP contribution < -0.4 is 15.6 Å². The molecule has 0 spiro atoms. The fourth-order valence-corrected chi connectivity index (χ4v) is 4.73. The van der Waals surface area contributed by atoms with E-state index < -0.39 is 11.6 Å². The van der Waals surface area contributed by atoms with Crippen LogP contribution in [0.2, 0.25) is 0 Å². The van der Waals surface area contributed by atoms with Gasteiger partial charge in [0.05, 0.1) is 19.4 Å². The number of furan rings is 1. The number of rotatable bonds is 8. The van der Waals surface area contributed by atoms with E-state index in [0.29, 0.717) is 36.9 Å². The molecule has 0 saturated carbocycles. The maximum absolute atomic E-state index is 13.7. The summed E-state index contributed by atoms with van der Waals surface area (Å²) in [5, 5.41) is 5.25. The lowest BCUT2D eigenvalue weighted by Gasteiger charge is -2.26. The molecule has 0 radical (unpaired) electrons. The van der Waals surface area contributed by atoms with Gasteiger partial charge in [-0.3, -0.25) is 14.2 Å². The van der Waals surface area contributed by atoms with Crippen molar-refractivity contribution in [3.63, 3.8) is 0 Å². The summed E-state index contributed by atoms with van der Waals surface area (Å²) in [5.74, 6) is 0.530. The first kappa shape index (κ1) is 26.6. The molecule has 0 bridgehead atoms. The first-order valence-electron chi connectivity index (χ1n) is 13.5. The highest BCUT2D eigenvalue weighted by atomic mass is 16.6. The Hall–Kier alpha value is -4.63. The van der Waals surface area contributed by atoms with Crippen molar-refractivity contribution in [2.24, 2.45) is 0 Å². The van der Waals surface area contributed by atoms with Crippen LogP contribution in [0.15, 0.2) is 82.1 Å². The molecule has 3 heterocycles. The van der Waals surface area contributed by atoms with Crippen LogP contribution in [0.4, 0.5) is 5.69 Å². The molecule has 9 heteroatoms. The van der Waals surface area contributed by atoms with Gasteiger partial charge in [-0.1, -0.05) is 24.3 Å². The van der Waals surface area contributed by atoms with Gasteiger partial charge in [0, 0.05) is 22.9 Å². The topological polar surface area (TPSA) is 105 Å². The van der Waals surface area contributed by atoms with Crippen molar-refractivity contribution >= 4 is 33.6 Å². The number of hydrogen-bond acceptors (Lipinski definition) is 8. The molecule has 1 fully saturated rings. The molecule has 210 valence electrons. The third-order valence-corrected chi connectivity index (χ3v) is 6.70. The summed E-state index contributed by atoms with van der Waals surface area (Å²) >= 11 is 0. The van der Waals surface area contributed by atoms with E-state index in [4.69, 9.17) is 18.6 Å². The second-order valence-corrected chi connectivity index (χ2v) is 11.1. The average Bonchev–Trinajstić information content (AvgIpc) is 3.29. The SMILES string of the molecule is CC(C)(C)OC(=O)Cn1c(-c2ccc(OC3COC3)cc2)ncc(NCc2ccc3oc4ccccc4c3c2)c1=O. The molecule has 3 aromatic carbocycles. The average molecular weight is 554 g/mol. The van der Waals surface area contributed by atoms with Gasteiger partial charge in [-0.2, -0.15) is 0 Å². The van der Waals surface area contributed by atoms with E-state index in [1.165, 1.54) is 10.8 Å². The molecule has 1 aliphatic heterocycles. The molecule has 6 rings (SSSR count). The number of benzene rings is 3. The smallest absolute Gasteiger partial charge is 0.326 e. The van der Waals surface area contributed by atoms with Crippen molar-refractivity contribution in [2.45, 2.75) is 45.6 Å². The highest BCUT2D eigenvalue weighted by Gasteiger charge is 2.22. The molecular formula is C32H31N3O6. The quantitative estimate of drug-likeness (QED) is 0.250. The number of nitrogens with one attached hydrogen (secondary N) is 1. The molecule has 9 nitrogen and oxygen atoms in total. The maximum atomic E-state index is 13.7. The van der Waals surface area contributed by atoms with Crippen molar-refractivity contribution in [3.05, 3.63) is 88.8 Å². The maximum Gasteiger partial charge on any atom is 0.326 e. The highest BCUT2D eigenvalue weighted by Crippen LogP contribution is 2.29. The number of anilines is 1. The van der Waals surface area contributed by atoms with Crippen LogP contribution >= 0.6 is 0 Å². The van der Waals surface area contributed by atoms with Gasteiger partial charge < -0.3 is 23.9 Å². The zero-order valence-corrected chi connectivity index (χ0v) is 23.2. The lowest BCUT2D eigenvalue weighted by Crippen LogP contribution is -2.38. The molecule has 0 aliphatic carbocycles. The first-order valence-corrected chi connectivity index (χ1v) is 13.5. The van der Waals surface area contributed by atoms with E-state index in [9.17, 15) is 9.59 Å². The van der Waals surface area contributed by atoms with Gasteiger partial charge in [0.15, 0.2) is 0 Å². The van der Waals surface area contributed by atoms with Crippen LogP contribution in [0, 0.1) is 0 Å². The monoisotopic (exact) mass is 553 g/mol. The van der Waals surface area contributed by atoms with Gasteiger partial charge >= 0.3 is 5.97 Å². The summed E-state index contributed by atoms with van der Waals surface area (Å²) in [6, 6.07) is 21.1. The fourth-order valence-electron chi connectivity index (χ4n) is 4.73. The van der Waals surface area contributed by atoms with Gasteiger partial charge in [-0.05, 0) is 68.8 Å². The minimum atomic E-state index is -0.690. The largest absolute Gasteiger partial charge is 0.486 e. The van der Waals surface area contributed by atoms with E-state index in [0.717, 1.165) is 27.5 Å². The van der Waals surface area contributed by atoms with E-state index in [1.807, 2.05) is 60.7 Å². The Morgan fingerprint density at radius 1 is 1.02 bits per heavy atom. The van der Waals surface area contributed by atoms with Gasteiger partial charge in [0.2, 0.25) is 0 Å². The number of para-hydroxylation sites is 1. The molecule has 0 atom stereocenters. The van der Waals surface area contributed by atoms with E-state index in [-0.39, 0.29) is 23.9 Å². The molecule has 41 heavy (non-hydrogen) atoms. The number of hydrogen-bond donors (Lipinski definition) is 1. The molecule has 1 saturated heterocycles. The first-order chi connectivity index (χ1) is 19.7. The Balaban J connectivity index is 1.28. The van der Waals surface area contributed by atoms with Gasteiger partial charge in [0.1, 0.15) is 46.7 Å². The van der Waals surface area contributed by atoms with Crippen LogP contribution in [0.5, 0.6) is 5.75 Å². The zero-order valence-electron chi connectivity index (χ0n) is 23.2. The Kier molecular flexibility index (Phi) is 6.96. The second kappa shape index (κ2) is 10.7. The molecule has 0 amide bonds. The number of ether oxygens (including phenoxy) is 3. The standard InChI is InChI=1S/C32H31N3O6/c1-32(2,3)41-29(36)17-35-30(21-9-11-22(12-10-21)39-23-18-38-19-23)34-16-26(31(35)37)33-15-20-8-13-28-25(14-20)24-6-4-5-7-27(24)40-28/h4-14,16,23,33H,15,17-19H2,1-3H3. The van der Waals surface area contributed by atoms with Crippen molar-refractivity contribution in [1.82, 2.24) is 9.55 Å². The van der Waals surface area contributed by atoms with Crippen LogP contribution in [-0.2, 0) is 27.4 Å². The predicted molar refractivity (Wildman–Crippen MR) is 156 cm³/mol. The minimum absolute atomic E-state index is 0.0441. The van der Waals surface area contributed by atoms with E-state index >= 15 is 0 Å². The Morgan fingerprint density at radius 3 is 2.51 bits per heavy atom. The highest BCUT2D eigenvalue weighted by molar-refractivity contribution is 6.05. The van der Waals surface area contributed by atoms with Crippen molar-refractivity contribution in [2.75, 3.05) is 18.5 Å². The molecular weight excluding hydrogens is 522 g/mol. The van der Waals surface area contributed by atoms with E-state index in [2.05, 4.69) is 16.4 Å². The zero-order chi connectivity index (χ0) is 28.6. The Morgan fingerprint density at radius 2 is 1.78 bits per heavy atom. The fraction of sp³-hybridized carbons (Fsp3) is 0.281. The number of nitrogens with zero attached hydrogens (tertiary/aromatic N) is 2. The number of aromatic nitrogens is 2. The third kappa shape index (κ3) is 5.81. The van der Waals surface area contributed by atoms with Gasteiger partial charge in [-0.15, -0.1) is 0 Å². The van der Waals surface area contributed by atoms with Crippen LogP contribution in [0.3, 0.4) is 0 Å². The van der Waals surface area contributed by atoms with Gasteiger partial charge in [-0.25, -0.2) is 4.98 Å². The summed E-state index contributed by atoms with van der Waals surface area (Å²) in [4.78, 5) is 31.1. The summed E-state index contributed by atoms with van der Waals surface area (Å²) < 4.78 is 23.8. The lowest BCUT2D eigenvalue weighted by atomic mass is 10.1. The van der Waals surface area contributed by atoms with Crippen LogP contribution in [0.25, 0.3) is 33.3 Å². The summed E-state index contributed by atoms with van der Waals surface area (Å²) in [6.07, 6.45) is 1.55. The van der Waals surface area contributed by atoms with Crippen molar-refractivity contribution < 1.29 is 23.4 Å². The van der Waals surface area contributed by atoms with Crippen LogP contribution in [-0.4, -0.2) is 40.4 Å². The molecule has 2 aromatic heterocycles. The molecule has 0 unspecified atom stereocenters. The third-order valence-electron chi connectivity index (χ3n) is 6.70.